The molecule has 0 bridgehead atoms. The van der Waals surface area contributed by atoms with Crippen molar-refractivity contribution in [3.63, 3.8) is 0 Å². The van der Waals surface area contributed by atoms with Crippen molar-refractivity contribution in [1.82, 2.24) is 0 Å². The summed E-state index contributed by atoms with van der Waals surface area (Å²) >= 11 is 0. The molecule has 0 atom stereocenters. The van der Waals surface area contributed by atoms with Gasteiger partial charge in [0.15, 0.2) is 0 Å². The lowest BCUT2D eigenvalue weighted by atomic mass is 9.96. The standard InChI is InChI=1S/C66H48N2.CH4.H2/c1-6-16-49(17-7-1)53-26-37-60(38-27-53)67(61-39-28-54(29-40-61)50-18-8-2-9-19-50)62-41-30-56(31-42-62)57-34-45-64(46-35-57)68(63-43-32-55(33-44-63)51-20-10-3-11-21-51)66-47-36-59(52-22-12-4-13-23-52)48-65(66)58-24-14-5-15-25-58;;/h1-48H;1H4;1H. The molecule has 0 aliphatic heterocycles. The molecule has 11 aromatic carbocycles. The second-order valence-electron chi connectivity index (χ2n) is 17.0. The SMILES string of the molecule is C.[HH].c1ccc(-c2ccc(N(c3ccc(-c4ccccc4)cc3)c3ccc(-c4ccc(N(c5ccc(-c6ccccc6)cc5)c5ccc(-c6ccccc6)cc5-c5ccccc5)cc4)cc3)cc2)cc1. The summed E-state index contributed by atoms with van der Waals surface area (Å²) < 4.78 is 0. The highest BCUT2D eigenvalue weighted by molar-refractivity contribution is 5.91. The van der Waals surface area contributed by atoms with E-state index in [9.17, 15) is 0 Å². The molecule has 0 saturated carbocycles. The number of hydrogen-bond donors (Lipinski definition) is 0. The smallest absolute Gasteiger partial charge is 0.0540 e. The minimum absolute atomic E-state index is 0. The van der Waals surface area contributed by atoms with Crippen LogP contribution in [0.2, 0.25) is 0 Å². The summed E-state index contributed by atoms with van der Waals surface area (Å²) in [4.78, 5) is 4.73. The van der Waals surface area contributed by atoms with E-state index in [0.717, 1.165) is 56.4 Å². The van der Waals surface area contributed by atoms with Gasteiger partial charge in [0.05, 0.1) is 5.69 Å². The number of rotatable bonds is 12. The van der Waals surface area contributed by atoms with Gasteiger partial charge in [0.2, 0.25) is 0 Å². The van der Waals surface area contributed by atoms with E-state index in [1.54, 1.807) is 0 Å². The zero-order valence-corrected chi connectivity index (χ0v) is 37.6. The van der Waals surface area contributed by atoms with E-state index in [-0.39, 0.29) is 8.85 Å². The van der Waals surface area contributed by atoms with Crippen LogP contribution in [0.25, 0.3) is 66.8 Å². The van der Waals surface area contributed by atoms with Crippen LogP contribution in [0.3, 0.4) is 0 Å². The van der Waals surface area contributed by atoms with Crippen molar-refractivity contribution in [3.8, 4) is 66.8 Å². The van der Waals surface area contributed by atoms with Gasteiger partial charge in [-0.25, -0.2) is 0 Å². The highest BCUT2D eigenvalue weighted by Crippen LogP contribution is 2.44. The normalized spacial score (nSPS) is 10.8. The summed E-state index contributed by atoms with van der Waals surface area (Å²) in [6, 6.07) is 105. The molecule has 2 heteroatoms. The van der Waals surface area contributed by atoms with Gasteiger partial charge in [0.1, 0.15) is 0 Å². The third-order valence-electron chi connectivity index (χ3n) is 12.7. The lowest BCUT2D eigenvalue weighted by molar-refractivity contribution is 1.28. The van der Waals surface area contributed by atoms with Crippen molar-refractivity contribution in [1.29, 1.82) is 0 Å². The maximum absolute atomic E-state index is 2.39. The van der Waals surface area contributed by atoms with Crippen LogP contribution in [0.5, 0.6) is 0 Å². The monoisotopic (exact) mass is 886 g/mol. The molecule has 0 N–H and O–H groups in total. The third kappa shape index (κ3) is 9.51. The maximum atomic E-state index is 2.39. The van der Waals surface area contributed by atoms with E-state index >= 15 is 0 Å². The maximum Gasteiger partial charge on any atom is 0.0540 e. The van der Waals surface area contributed by atoms with E-state index in [2.05, 4.69) is 301 Å². The summed E-state index contributed by atoms with van der Waals surface area (Å²) in [5.74, 6) is 0. The van der Waals surface area contributed by atoms with Crippen molar-refractivity contribution in [2.75, 3.05) is 9.80 Å². The van der Waals surface area contributed by atoms with Crippen LogP contribution in [-0.4, -0.2) is 0 Å². The lowest BCUT2D eigenvalue weighted by Gasteiger charge is -2.29. The first-order valence-electron chi connectivity index (χ1n) is 23.2. The number of hydrogen-bond acceptors (Lipinski definition) is 2. The molecule has 0 aliphatic carbocycles. The Balaban J connectivity index is 0.00000304. The second-order valence-corrected chi connectivity index (χ2v) is 17.0. The molecule has 0 fully saturated rings. The van der Waals surface area contributed by atoms with Gasteiger partial charge in [-0.1, -0.05) is 226 Å². The van der Waals surface area contributed by atoms with Crippen molar-refractivity contribution in [2.24, 2.45) is 0 Å². The van der Waals surface area contributed by atoms with Gasteiger partial charge in [-0.05, 0) is 134 Å². The Morgan fingerprint density at radius 3 is 0.696 bits per heavy atom. The van der Waals surface area contributed by atoms with Gasteiger partial charge in [-0.2, -0.15) is 0 Å². The van der Waals surface area contributed by atoms with E-state index in [4.69, 9.17) is 0 Å². The predicted molar refractivity (Wildman–Crippen MR) is 297 cm³/mol. The lowest BCUT2D eigenvalue weighted by Crippen LogP contribution is -2.11. The Morgan fingerprint density at radius 1 is 0.188 bits per heavy atom. The summed E-state index contributed by atoms with van der Waals surface area (Å²) in [7, 11) is 0. The van der Waals surface area contributed by atoms with Crippen LogP contribution in [0.4, 0.5) is 34.1 Å². The largest absolute Gasteiger partial charge is 0.311 e. The molecule has 0 aliphatic rings. The highest BCUT2D eigenvalue weighted by Gasteiger charge is 2.20. The fourth-order valence-corrected chi connectivity index (χ4v) is 9.17. The Hall–Kier alpha value is -8.98. The van der Waals surface area contributed by atoms with E-state index < -0.39 is 0 Å². The average Bonchev–Trinajstić information content (AvgIpc) is 3.43. The molecule has 0 heterocycles. The quantitative estimate of drug-likeness (QED) is 0.121. The second kappa shape index (κ2) is 20.3. The zero-order chi connectivity index (χ0) is 45.5. The number of benzene rings is 11. The molecule has 0 radical (unpaired) electrons. The summed E-state index contributed by atoms with van der Waals surface area (Å²) in [6.45, 7) is 0. The average molecular weight is 887 g/mol. The van der Waals surface area contributed by atoms with E-state index in [1.807, 2.05) is 0 Å². The van der Waals surface area contributed by atoms with Gasteiger partial charge in [0.25, 0.3) is 0 Å². The van der Waals surface area contributed by atoms with Gasteiger partial charge >= 0.3 is 0 Å². The first-order valence-corrected chi connectivity index (χ1v) is 23.2. The Kier molecular flexibility index (Phi) is 12.9. The fourth-order valence-electron chi connectivity index (χ4n) is 9.17. The molecular formula is C67H54N2. The van der Waals surface area contributed by atoms with Gasteiger partial charge in [0, 0.05) is 35.4 Å². The van der Waals surface area contributed by atoms with Crippen molar-refractivity contribution in [2.45, 2.75) is 7.43 Å². The van der Waals surface area contributed by atoms with E-state index in [0.29, 0.717) is 0 Å². The molecule has 0 saturated heterocycles. The van der Waals surface area contributed by atoms with Crippen LogP contribution >= 0.6 is 0 Å². The summed E-state index contributed by atoms with van der Waals surface area (Å²) in [5.41, 5.74) is 20.7. The molecule has 0 aromatic heterocycles. The van der Waals surface area contributed by atoms with Crippen LogP contribution in [0.15, 0.2) is 291 Å². The number of nitrogens with zero attached hydrogens (tertiary/aromatic N) is 2. The highest BCUT2D eigenvalue weighted by atomic mass is 15.1. The van der Waals surface area contributed by atoms with Crippen LogP contribution in [0, 0.1) is 0 Å². The molecule has 0 spiro atoms. The van der Waals surface area contributed by atoms with Crippen LogP contribution < -0.4 is 9.80 Å². The summed E-state index contributed by atoms with van der Waals surface area (Å²) in [6.07, 6.45) is 0. The Bertz CT molecular complexity index is 3280. The molecule has 69 heavy (non-hydrogen) atoms. The minimum atomic E-state index is 0. The van der Waals surface area contributed by atoms with E-state index in [1.165, 1.54) is 44.5 Å². The molecule has 11 rings (SSSR count). The topological polar surface area (TPSA) is 6.48 Å². The Labute approximate surface area is 408 Å². The van der Waals surface area contributed by atoms with Gasteiger partial charge < -0.3 is 9.80 Å². The van der Waals surface area contributed by atoms with Crippen molar-refractivity contribution < 1.29 is 1.43 Å². The first-order chi connectivity index (χ1) is 33.7. The first kappa shape index (κ1) is 43.9. The molecule has 0 unspecified atom stereocenters. The molecule has 0 amide bonds. The van der Waals surface area contributed by atoms with Crippen molar-refractivity contribution >= 4 is 34.1 Å². The minimum Gasteiger partial charge on any atom is -0.311 e. The van der Waals surface area contributed by atoms with Crippen LogP contribution in [0.1, 0.15) is 8.85 Å². The Morgan fingerprint density at radius 2 is 0.406 bits per heavy atom. The third-order valence-corrected chi connectivity index (χ3v) is 12.7. The van der Waals surface area contributed by atoms with Crippen LogP contribution in [-0.2, 0) is 0 Å². The van der Waals surface area contributed by atoms with Gasteiger partial charge in [-0.15, -0.1) is 0 Å². The fraction of sp³-hybridized carbons (Fsp3) is 0.0149. The van der Waals surface area contributed by atoms with Gasteiger partial charge in [-0.3, -0.25) is 0 Å². The molecular weight excluding hydrogens is 833 g/mol. The summed E-state index contributed by atoms with van der Waals surface area (Å²) in [5, 5.41) is 0. The zero-order valence-electron chi connectivity index (χ0n) is 37.6. The van der Waals surface area contributed by atoms with Crippen molar-refractivity contribution in [3.05, 3.63) is 291 Å². The predicted octanol–water partition coefficient (Wildman–Crippen LogP) is 19.5. The molecule has 11 aromatic rings. The molecule has 332 valence electrons. The number of anilines is 6. The molecule has 2 nitrogen and oxygen atoms in total.